The van der Waals surface area contributed by atoms with E-state index in [1.807, 2.05) is 0 Å². The fourth-order valence-corrected chi connectivity index (χ4v) is 3.26. The van der Waals surface area contributed by atoms with E-state index in [1.54, 1.807) is 24.3 Å². The highest BCUT2D eigenvalue weighted by Crippen LogP contribution is 2.20. The van der Waals surface area contributed by atoms with Crippen LogP contribution < -0.4 is 9.64 Å². The number of aliphatic hydroxyl groups excluding tert-OH is 1. The SMILES string of the molecule is Cc1ccccc1N1CCN(CC(O)COc2ccc(C#N)cc2)CC1. The van der Waals surface area contributed by atoms with Crippen LogP contribution in [0, 0.1) is 18.3 Å². The number of nitrogens with zero attached hydrogens (tertiary/aromatic N) is 3. The molecule has 1 saturated heterocycles. The fraction of sp³-hybridized carbons (Fsp3) is 0.381. The summed E-state index contributed by atoms with van der Waals surface area (Å²) in [6, 6.07) is 17.5. The molecular formula is C21H25N3O2. The Kier molecular flexibility index (Phi) is 6.11. The number of para-hydroxylation sites is 1. The number of hydrogen-bond donors (Lipinski definition) is 1. The Bertz CT molecular complexity index is 747. The predicted octanol–water partition coefficient (Wildman–Crippen LogP) is 2.43. The molecule has 0 aliphatic carbocycles. The minimum Gasteiger partial charge on any atom is -0.491 e. The number of hydrogen-bond acceptors (Lipinski definition) is 5. The van der Waals surface area contributed by atoms with E-state index in [0.717, 1.165) is 26.2 Å². The van der Waals surface area contributed by atoms with Gasteiger partial charge in [0.25, 0.3) is 0 Å². The molecule has 1 N–H and O–H groups in total. The van der Waals surface area contributed by atoms with Crippen molar-refractivity contribution in [1.29, 1.82) is 5.26 Å². The highest BCUT2D eigenvalue weighted by molar-refractivity contribution is 5.53. The second-order valence-electron chi connectivity index (χ2n) is 6.68. The van der Waals surface area contributed by atoms with E-state index >= 15 is 0 Å². The van der Waals surface area contributed by atoms with Crippen LogP contribution in [-0.4, -0.2) is 55.4 Å². The summed E-state index contributed by atoms with van der Waals surface area (Å²) in [4.78, 5) is 4.69. The Morgan fingerprint density at radius 3 is 2.42 bits per heavy atom. The molecule has 136 valence electrons. The Balaban J connectivity index is 1.42. The number of β-amino-alcohol motifs (C(OH)–C–C–N with tert-alkyl or cyclic N) is 1. The summed E-state index contributed by atoms with van der Waals surface area (Å²) in [5.41, 5.74) is 3.21. The average molecular weight is 351 g/mol. The molecule has 2 aromatic carbocycles. The Labute approximate surface area is 155 Å². The topological polar surface area (TPSA) is 59.7 Å². The van der Waals surface area contributed by atoms with Crippen molar-refractivity contribution in [3.05, 3.63) is 59.7 Å². The van der Waals surface area contributed by atoms with Gasteiger partial charge in [0.15, 0.2) is 0 Å². The van der Waals surface area contributed by atoms with E-state index in [4.69, 9.17) is 10.00 Å². The zero-order valence-electron chi connectivity index (χ0n) is 15.1. The van der Waals surface area contributed by atoms with Gasteiger partial charge in [-0.25, -0.2) is 0 Å². The molecule has 5 heteroatoms. The van der Waals surface area contributed by atoms with Gasteiger partial charge in [0.05, 0.1) is 11.6 Å². The molecule has 1 heterocycles. The summed E-state index contributed by atoms with van der Waals surface area (Å²) >= 11 is 0. The standard InChI is InChI=1S/C21H25N3O2/c1-17-4-2-3-5-21(17)24-12-10-23(11-13-24)15-19(25)16-26-20-8-6-18(14-22)7-9-20/h2-9,19,25H,10-13,15-16H2,1H3. The van der Waals surface area contributed by atoms with Gasteiger partial charge in [0, 0.05) is 38.4 Å². The van der Waals surface area contributed by atoms with E-state index in [2.05, 4.69) is 47.1 Å². The van der Waals surface area contributed by atoms with Crippen LogP contribution in [0.5, 0.6) is 5.75 Å². The van der Waals surface area contributed by atoms with Crippen molar-refractivity contribution in [1.82, 2.24) is 4.90 Å². The van der Waals surface area contributed by atoms with Gasteiger partial charge in [-0.3, -0.25) is 4.90 Å². The molecule has 0 saturated carbocycles. The molecule has 0 radical (unpaired) electrons. The van der Waals surface area contributed by atoms with Crippen LogP contribution in [-0.2, 0) is 0 Å². The largest absolute Gasteiger partial charge is 0.491 e. The molecule has 0 spiro atoms. The molecule has 2 aromatic rings. The monoisotopic (exact) mass is 351 g/mol. The third kappa shape index (κ3) is 4.75. The van der Waals surface area contributed by atoms with Gasteiger partial charge in [-0.1, -0.05) is 18.2 Å². The maximum atomic E-state index is 10.3. The molecule has 0 amide bonds. The summed E-state index contributed by atoms with van der Waals surface area (Å²) in [7, 11) is 0. The van der Waals surface area contributed by atoms with Crippen LogP contribution in [0.1, 0.15) is 11.1 Å². The lowest BCUT2D eigenvalue weighted by Gasteiger charge is -2.37. The van der Waals surface area contributed by atoms with Crippen molar-refractivity contribution in [2.24, 2.45) is 0 Å². The van der Waals surface area contributed by atoms with Gasteiger partial charge in [-0.05, 0) is 42.8 Å². The second kappa shape index (κ2) is 8.70. The maximum Gasteiger partial charge on any atom is 0.119 e. The van der Waals surface area contributed by atoms with Gasteiger partial charge in [-0.2, -0.15) is 5.26 Å². The summed E-state index contributed by atoms with van der Waals surface area (Å²) in [6.07, 6.45) is -0.532. The van der Waals surface area contributed by atoms with Crippen LogP contribution in [0.3, 0.4) is 0 Å². The smallest absolute Gasteiger partial charge is 0.119 e. The quantitative estimate of drug-likeness (QED) is 0.866. The molecular weight excluding hydrogens is 326 g/mol. The van der Waals surface area contributed by atoms with Crippen molar-refractivity contribution in [2.45, 2.75) is 13.0 Å². The van der Waals surface area contributed by atoms with Gasteiger partial charge >= 0.3 is 0 Å². The molecule has 5 nitrogen and oxygen atoms in total. The first-order valence-corrected chi connectivity index (χ1v) is 8.99. The first kappa shape index (κ1) is 18.2. The highest BCUT2D eigenvalue weighted by atomic mass is 16.5. The van der Waals surface area contributed by atoms with Gasteiger partial charge < -0.3 is 14.7 Å². The van der Waals surface area contributed by atoms with Crippen LogP contribution >= 0.6 is 0 Å². The minimum atomic E-state index is -0.532. The highest BCUT2D eigenvalue weighted by Gasteiger charge is 2.20. The third-order valence-corrected chi connectivity index (χ3v) is 4.72. The molecule has 1 atom stereocenters. The molecule has 1 aliphatic rings. The maximum absolute atomic E-state index is 10.3. The fourth-order valence-electron chi connectivity index (χ4n) is 3.26. The van der Waals surface area contributed by atoms with Gasteiger partial charge in [0.2, 0.25) is 0 Å². The van der Waals surface area contributed by atoms with Crippen molar-refractivity contribution in [2.75, 3.05) is 44.2 Å². The average Bonchev–Trinajstić information content (AvgIpc) is 2.68. The molecule has 3 rings (SSSR count). The number of nitriles is 1. The van der Waals surface area contributed by atoms with E-state index in [0.29, 0.717) is 17.9 Å². The first-order valence-electron chi connectivity index (χ1n) is 8.99. The zero-order valence-corrected chi connectivity index (χ0v) is 15.1. The van der Waals surface area contributed by atoms with Gasteiger partial charge in [0.1, 0.15) is 18.5 Å². The third-order valence-electron chi connectivity index (χ3n) is 4.72. The molecule has 1 fully saturated rings. The van der Waals surface area contributed by atoms with Gasteiger partial charge in [-0.15, -0.1) is 0 Å². The summed E-state index contributed by atoms with van der Waals surface area (Å²) in [5.74, 6) is 0.674. The normalized spacial score (nSPS) is 16.1. The van der Waals surface area contributed by atoms with Crippen LogP contribution in [0.2, 0.25) is 0 Å². The zero-order chi connectivity index (χ0) is 18.4. The molecule has 1 unspecified atom stereocenters. The number of ether oxygens (including phenoxy) is 1. The summed E-state index contributed by atoms with van der Waals surface area (Å²) < 4.78 is 5.62. The summed E-state index contributed by atoms with van der Waals surface area (Å²) in [6.45, 7) is 6.81. The van der Waals surface area contributed by atoms with Crippen LogP contribution in [0.15, 0.2) is 48.5 Å². The van der Waals surface area contributed by atoms with E-state index in [-0.39, 0.29) is 6.61 Å². The number of rotatable bonds is 6. The molecule has 1 aliphatic heterocycles. The van der Waals surface area contributed by atoms with Crippen LogP contribution in [0.4, 0.5) is 5.69 Å². The Morgan fingerprint density at radius 1 is 1.08 bits per heavy atom. The van der Waals surface area contributed by atoms with Crippen LogP contribution in [0.25, 0.3) is 0 Å². The van der Waals surface area contributed by atoms with Crippen molar-refractivity contribution >= 4 is 5.69 Å². The molecule has 0 bridgehead atoms. The summed E-state index contributed by atoms with van der Waals surface area (Å²) in [5, 5.41) is 19.1. The lowest BCUT2D eigenvalue weighted by molar-refractivity contribution is 0.0663. The Morgan fingerprint density at radius 2 is 1.77 bits per heavy atom. The number of aryl methyl sites for hydroxylation is 1. The number of anilines is 1. The van der Waals surface area contributed by atoms with Crippen molar-refractivity contribution in [3.8, 4) is 11.8 Å². The molecule has 0 aromatic heterocycles. The first-order chi connectivity index (χ1) is 12.7. The number of aliphatic hydroxyl groups is 1. The van der Waals surface area contributed by atoms with E-state index in [9.17, 15) is 5.11 Å². The van der Waals surface area contributed by atoms with Crippen molar-refractivity contribution in [3.63, 3.8) is 0 Å². The lowest BCUT2D eigenvalue weighted by atomic mass is 10.1. The number of piperazine rings is 1. The van der Waals surface area contributed by atoms with E-state index < -0.39 is 6.10 Å². The van der Waals surface area contributed by atoms with E-state index in [1.165, 1.54) is 11.3 Å². The second-order valence-corrected chi connectivity index (χ2v) is 6.68. The lowest BCUT2D eigenvalue weighted by Crippen LogP contribution is -2.49. The Hall–Kier alpha value is -2.55. The van der Waals surface area contributed by atoms with Crippen molar-refractivity contribution < 1.29 is 9.84 Å². The number of benzene rings is 2. The molecule has 26 heavy (non-hydrogen) atoms. The minimum absolute atomic E-state index is 0.254. The predicted molar refractivity (Wildman–Crippen MR) is 102 cm³/mol.